The zero-order valence-electron chi connectivity index (χ0n) is 17.9. The third-order valence-electron chi connectivity index (χ3n) is 5.58. The average Bonchev–Trinajstić information content (AvgIpc) is 3.28. The Morgan fingerprint density at radius 1 is 1.06 bits per heavy atom. The average molecular weight is 464 g/mol. The molecular formula is C24H19F3N6O. The summed E-state index contributed by atoms with van der Waals surface area (Å²) >= 11 is 0. The maximum Gasteiger partial charge on any atom is 0.420 e. The molecule has 5 rings (SSSR count). The molecule has 0 unspecified atom stereocenters. The summed E-state index contributed by atoms with van der Waals surface area (Å²) in [5.41, 5.74) is 1.07. The molecule has 7 nitrogen and oxygen atoms in total. The number of aromatic nitrogens is 2. The van der Waals surface area contributed by atoms with Crippen molar-refractivity contribution in [3.63, 3.8) is 0 Å². The quantitative estimate of drug-likeness (QED) is 0.442. The van der Waals surface area contributed by atoms with Crippen LogP contribution in [0.2, 0.25) is 0 Å². The van der Waals surface area contributed by atoms with E-state index in [1.807, 2.05) is 30.3 Å². The van der Waals surface area contributed by atoms with Gasteiger partial charge in [0.2, 0.25) is 5.95 Å². The van der Waals surface area contributed by atoms with Crippen molar-refractivity contribution in [2.45, 2.75) is 6.18 Å². The van der Waals surface area contributed by atoms with Crippen molar-refractivity contribution in [2.75, 3.05) is 36.4 Å². The van der Waals surface area contributed by atoms with E-state index in [1.54, 1.807) is 12.1 Å². The number of fused-ring (bicyclic) bond motifs is 1. The van der Waals surface area contributed by atoms with Crippen molar-refractivity contribution in [1.29, 1.82) is 5.26 Å². The maximum absolute atomic E-state index is 13.7. The summed E-state index contributed by atoms with van der Waals surface area (Å²) < 4.78 is 46.7. The van der Waals surface area contributed by atoms with E-state index < -0.39 is 11.7 Å². The lowest BCUT2D eigenvalue weighted by Gasteiger charge is -2.29. The Kier molecular flexibility index (Phi) is 5.55. The molecule has 0 saturated carbocycles. The molecule has 0 bridgehead atoms. The molecule has 0 atom stereocenters. The summed E-state index contributed by atoms with van der Waals surface area (Å²) in [6, 6.07) is 15.7. The number of nitriles is 1. The van der Waals surface area contributed by atoms with Gasteiger partial charge in [-0.3, -0.25) is 0 Å². The van der Waals surface area contributed by atoms with Gasteiger partial charge in [0.15, 0.2) is 5.76 Å². The van der Waals surface area contributed by atoms with Gasteiger partial charge in [0, 0.05) is 49.1 Å². The van der Waals surface area contributed by atoms with Crippen LogP contribution >= 0.6 is 0 Å². The molecule has 2 N–H and O–H groups in total. The summed E-state index contributed by atoms with van der Waals surface area (Å²) in [5, 5.41) is 15.9. The molecule has 1 saturated heterocycles. The van der Waals surface area contributed by atoms with E-state index in [0.717, 1.165) is 38.1 Å². The zero-order chi connectivity index (χ0) is 23.7. The van der Waals surface area contributed by atoms with E-state index in [1.165, 1.54) is 12.1 Å². The molecule has 0 spiro atoms. The number of hydrogen-bond acceptors (Lipinski definition) is 7. The Morgan fingerprint density at radius 3 is 2.53 bits per heavy atom. The summed E-state index contributed by atoms with van der Waals surface area (Å²) in [5.74, 6) is -0.0481. The molecule has 1 aliphatic heterocycles. The highest BCUT2D eigenvalue weighted by molar-refractivity contribution is 5.84. The van der Waals surface area contributed by atoms with Gasteiger partial charge in [-0.2, -0.15) is 18.4 Å². The Labute approximate surface area is 192 Å². The number of halogens is 3. The predicted molar refractivity (Wildman–Crippen MR) is 122 cm³/mol. The zero-order valence-corrected chi connectivity index (χ0v) is 17.9. The van der Waals surface area contributed by atoms with Crippen molar-refractivity contribution in [2.24, 2.45) is 0 Å². The predicted octanol–water partition coefficient (Wildman–Crippen LogP) is 4.93. The lowest BCUT2D eigenvalue weighted by Crippen LogP contribution is -2.43. The molecule has 4 aromatic rings. The molecule has 34 heavy (non-hydrogen) atoms. The van der Waals surface area contributed by atoms with E-state index in [4.69, 9.17) is 9.68 Å². The van der Waals surface area contributed by atoms with Crippen molar-refractivity contribution in [3.05, 3.63) is 65.9 Å². The van der Waals surface area contributed by atoms with Gasteiger partial charge in [0.25, 0.3) is 0 Å². The Morgan fingerprint density at radius 2 is 1.82 bits per heavy atom. The van der Waals surface area contributed by atoms with E-state index in [9.17, 15) is 13.2 Å². The Bertz CT molecular complexity index is 1370. The van der Waals surface area contributed by atoms with E-state index in [-0.39, 0.29) is 17.4 Å². The second-order valence-corrected chi connectivity index (χ2v) is 7.84. The number of hydrogen-bond donors (Lipinski definition) is 2. The number of anilines is 3. The summed E-state index contributed by atoms with van der Waals surface area (Å²) in [6.45, 7) is 3.65. The first kappa shape index (κ1) is 21.7. The largest absolute Gasteiger partial charge is 0.454 e. The fraction of sp³-hybridized carbons (Fsp3) is 0.208. The van der Waals surface area contributed by atoms with Crippen molar-refractivity contribution in [3.8, 4) is 17.5 Å². The van der Waals surface area contributed by atoms with E-state index in [0.29, 0.717) is 22.2 Å². The van der Waals surface area contributed by atoms with Crippen LogP contribution in [0, 0.1) is 11.3 Å². The molecule has 0 amide bonds. The van der Waals surface area contributed by atoms with E-state index in [2.05, 4.69) is 25.5 Å². The Balaban J connectivity index is 1.47. The summed E-state index contributed by atoms with van der Waals surface area (Å²) in [7, 11) is 0. The minimum Gasteiger partial charge on any atom is -0.454 e. The highest BCUT2D eigenvalue weighted by Gasteiger charge is 2.36. The van der Waals surface area contributed by atoms with Crippen LogP contribution in [0.15, 0.2) is 59.1 Å². The highest BCUT2D eigenvalue weighted by Crippen LogP contribution is 2.38. The number of rotatable bonds is 4. The SMILES string of the molecule is N#Cc1ccc2oc(-c3nc(Nc4ccc(N5CCNCC5)cc4)ncc3C(F)(F)F)cc2c1. The fourth-order valence-electron chi connectivity index (χ4n) is 3.87. The van der Waals surface area contributed by atoms with Gasteiger partial charge >= 0.3 is 6.18 Å². The van der Waals surface area contributed by atoms with Gasteiger partial charge < -0.3 is 20.0 Å². The number of piperazine rings is 1. The van der Waals surface area contributed by atoms with Crippen LogP contribution in [0.3, 0.4) is 0 Å². The molecule has 0 radical (unpaired) electrons. The van der Waals surface area contributed by atoms with Crippen LogP contribution in [0.25, 0.3) is 22.4 Å². The monoisotopic (exact) mass is 464 g/mol. The molecule has 2 aromatic heterocycles. The molecule has 0 aliphatic carbocycles. The van der Waals surface area contributed by atoms with Gasteiger partial charge in [0.1, 0.15) is 16.8 Å². The van der Waals surface area contributed by atoms with Crippen LogP contribution in [0.4, 0.5) is 30.5 Å². The fourth-order valence-corrected chi connectivity index (χ4v) is 3.87. The van der Waals surface area contributed by atoms with Gasteiger partial charge in [-0.1, -0.05) is 0 Å². The second-order valence-electron chi connectivity index (χ2n) is 7.84. The number of nitrogens with one attached hydrogen (secondary N) is 2. The van der Waals surface area contributed by atoms with Crippen molar-refractivity contribution >= 4 is 28.3 Å². The number of furan rings is 1. The van der Waals surface area contributed by atoms with Gasteiger partial charge in [-0.05, 0) is 48.5 Å². The molecule has 10 heteroatoms. The van der Waals surface area contributed by atoms with Gasteiger partial charge in [-0.15, -0.1) is 0 Å². The molecule has 1 fully saturated rings. The van der Waals surface area contributed by atoms with Crippen molar-refractivity contribution in [1.82, 2.24) is 15.3 Å². The minimum absolute atomic E-state index is 0.0103. The number of nitrogens with zero attached hydrogens (tertiary/aromatic N) is 4. The standard InChI is InChI=1S/C24H19F3N6O/c25-24(26,27)19-14-30-23(31-17-2-4-18(5-3-17)33-9-7-29-8-10-33)32-22(19)21-12-16-11-15(13-28)1-6-20(16)34-21/h1-6,11-12,14,29H,7-10H2,(H,30,31,32). The van der Waals surface area contributed by atoms with Gasteiger partial charge in [-0.25, -0.2) is 9.97 Å². The lowest BCUT2D eigenvalue weighted by molar-refractivity contribution is -0.137. The van der Waals surface area contributed by atoms with Crippen LogP contribution in [0.5, 0.6) is 0 Å². The minimum atomic E-state index is -4.67. The number of alkyl halides is 3. The first-order valence-electron chi connectivity index (χ1n) is 10.6. The molecule has 1 aliphatic rings. The molecular weight excluding hydrogens is 445 g/mol. The normalized spacial score (nSPS) is 14.2. The van der Waals surface area contributed by atoms with Crippen LogP contribution in [-0.2, 0) is 6.18 Å². The third-order valence-corrected chi connectivity index (χ3v) is 5.58. The van der Waals surface area contributed by atoms with Crippen LogP contribution in [-0.4, -0.2) is 36.1 Å². The smallest absolute Gasteiger partial charge is 0.420 e. The first-order chi connectivity index (χ1) is 16.4. The van der Waals surface area contributed by atoms with Crippen LogP contribution in [0.1, 0.15) is 11.1 Å². The van der Waals surface area contributed by atoms with Gasteiger partial charge in [0.05, 0.1) is 11.6 Å². The number of benzene rings is 2. The lowest BCUT2D eigenvalue weighted by atomic mass is 10.1. The van der Waals surface area contributed by atoms with Crippen molar-refractivity contribution < 1.29 is 17.6 Å². The second kappa shape index (κ2) is 8.68. The topological polar surface area (TPSA) is 90.0 Å². The third kappa shape index (κ3) is 4.38. The Hall–Kier alpha value is -4.10. The summed E-state index contributed by atoms with van der Waals surface area (Å²) in [6.07, 6.45) is -3.93. The summed E-state index contributed by atoms with van der Waals surface area (Å²) in [4.78, 5) is 10.3. The van der Waals surface area contributed by atoms with Crippen LogP contribution < -0.4 is 15.5 Å². The molecule has 172 valence electrons. The first-order valence-corrected chi connectivity index (χ1v) is 10.6. The van der Waals surface area contributed by atoms with E-state index >= 15 is 0 Å². The maximum atomic E-state index is 13.7. The molecule has 3 heterocycles. The molecule has 2 aromatic carbocycles. The highest BCUT2D eigenvalue weighted by atomic mass is 19.4.